The van der Waals surface area contributed by atoms with Crippen LogP contribution in [0.15, 0.2) is 24.3 Å². The Morgan fingerprint density at radius 1 is 1.22 bits per heavy atom. The smallest absolute Gasteiger partial charge is 0.303 e. The van der Waals surface area contributed by atoms with Crippen molar-refractivity contribution in [3.63, 3.8) is 0 Å². The number of hydrogen-bond acceptors (Lipinski definition) is 3. The molecule has 0 spiro atoms. The third-order valence-corrected chi connectivity index (χ3v) is 1.96. The van der Waals surface area contributed by atoms with Crippen molar-refractivity contribution in [2.75, 3.05) is 0 Å². The quantitative estimate of drug-likeness (QED) is 0.675. The Morgan fingerprint density at radius 2 is 1.72 bits per heavy atom. The second-order valence-electron chi connectivity index (χ2n) is 3.30. The average molecular weight is 271 g/mol. The van der Waals surface area contributed by atoms with Gasteiger partial charge in [0, 0.05) is 12.8 Å². The van der Waals surface area contributed by atoms with E-state index >= 15 is 0 Å². The molecule has 0 saturated carbocycles. The summed E-state index contributed by atoms with van der Waals surface area (Å²) in [7, 11) is -1.17. The molecule has 0 saturated heterocycles. The Labute approximate surface area is 109 Å². The Bertz CT molecular complexity index is 340. The molecule has 1 atom stereocenters. The van der Waals surface area contributed by atoms with Crippen LogP contribution in [0.1, 0.15) is 30.9 Å². The molecule has 4 nitrogen and oxygen atoms in total. The summed E-state index contributed by atoms with van der Waals surface area (Å²) in [6, 6.07) is 8.16. The molecule has 100 valence electrons. The van der Waals surface area contributed by atoms with Crippen LogP contribution < -0.4 is 0 Å². The summed E-state index contributed by atoms with van der Waals surface area (Å²) >= 11 is 0. The van der Waals surface area contributed by atoms with Gasteiger partial charge in [-0.05, 0) is 29.0 Å². The molecule has 0 amide bonds. The standard InChI is InChI=1S/C10H12O.C3H6O.HO2P/c1-9-5-2-3-6-10(9)7-4-8-11;1-2-3-4;1-3-2/h2-3,5-6,8H,4,7H2,1H3;3H,2H2,1H3;3H/p+1. The summed E-state index contributed by atoms with van der Waals surface area (Å²) in [5.74, 6) is 0. The molecule has 0 radical (unpaired) electrons. The summed E-state index contributed by atoms with van der Waals surface area (Å²) in [5, 5.41) is 0. The van der Waals surface area contributed by atoms with Crippen molar-refractivity contribution >= 4 is 21.3 Å². The minimum Gasteiger partial charge on any atom is -0.303 e. The fraction of sp³-hybridized carbons (Fsp3) is 0.385. The fourth-order valence-corrected chi connectivity index (χ4v) is 1.11. The highest BCUT2D eigenvalue weighted by Crippen LogP contribution is 2.08. The molecule has 0 fully saturated rings. The second-order valence-corrected chi connectivity index (χ2v) is 3.48. The van der Waals surface area contributed by atoms with Gasteiger partial charge in [0.2, 0.25) is 0 Å². The lowest BCUT2D eigenvalue weighted by Crippen LogP contribution is -1.88. The van der Waals surface area contributed by atoms with Crippen LogP contribution in [0.25, 0.3) is 0 Å². The van der Waals surface area contributed by atoms with E-state index < -0.39 is 8.69 Å². The minimum absolute atomic E-state index is 0.630. The lowest BCUT2D eigenvalue weighted by Gasteiger charge is -2.00. The molecule has 1 rings (SSSR count). The third kappa shape index (κ3) is 12.7. The summed E-state index contributed by atoms with van der Waals surface area (Å²) in [5.41, 5.74) is 2.55. The van der Waals surface area contributed by atoms with Crippen LogP contribution in [0.2, 0.25) is 0 Å². The molecular weight excluding hydrogens is 251 g/mol. The van der Waals surface area contributed by atoms with E-state index in [0.717, 1.165) is 19.0 Å². The fourth-order valence-electron chi connectivity index (χ4n) is 1.11. The van der Waals surface area contributed by atoms with Crippen LogP contribution in [0.5, 0.6) is 0 Å². The maximum atomic E-state index is 10.1. The monoisotopic (exact) mass is 271 g/mol. The minimum atomic E-state index is -1.17. The van der Waals surface area contributed by atoms with Crippen molar-refractivity contribution in [3.8, 4) is 0 Å². The summed E-state index contributed by atoms with van der Waals surface area (Å²) in [6.07, 6.45) is 3.98. The summed E-state index contributed by atoms with van der Waals surface area (Å²) in [6.45, 7) is 3.88. The molecule has 5 heteroatoms. The molecule has 0 aromatic heterocycles. The predicted molar refractivity (Wildman–Crippen MR) is 73.1 cm³/mol. The van der Waals surface area contributed by atoms with Crippen LogP contribution in [0.4, 0.5) is 0 Å². The topological polar surface area (TPSA) is 71.4 Å². The van der Waals surface area contributed by atoms with Crippen molar-refractivity contribution < 1.29 is 19.0 Å². The van der Waals surface area contributed by atoms with Crippen LogP contribution in [0.3, 0.4) is 0 Å². The first-order valence-electron chi connectivity index (χ1n) is 5.60. The van der Waals surface area contributed by atoms with E-state index in [1.807, 2.05) is 19.1 Å². The van der Waals surface area contributed by atoms with E-state index in [4.69, 9.17) is 9.46 Å². The number of carbonyl (C=O) groups is 2. The highest BCUT2D eigenvalue weighted by Gasteiger charge is 1.94. The van der Waals surface area contributed by atoms with E-state index in [-0.39, 0.29) is 0 Å². The molecule has 0 aliphatic heterocycles. The molecule has 0 bridgehead atoms. The number of aldehydes is 2. The first kappa shape index (κ1) is 19.0. The van der Waals surface area contributed by atoms with Gasteiger partial charge in [0.25, 0.3) is 0 Å². The molecule has 0 aliphatic rings. The third-order valence-electron chi connectivity index (χ3n) is 1.96. The van der Waals surface area contributed by atoms with E-state index in [0.29, 0.717) is 12.8 Å². The molecule has 18 heavy (non-hydrogen) atoms. The van der Waals surface area contributed by atoms with Crippen molar-refractivity contribution in [2.24, 2.45) is 0 Å². The molecule has 1 unspecified atom stereocenters. The van der Waals surface area contributed by atoms with Crippen LogP contribution in [-0.2, 0) is 20.6 Å². The van der Waals surface area contributed by atoms with Crippen molar-refractivity contribution in [1.29, 1.82) is 0 Å². The first-order valence-corrected chi connectivity index (χ1v) is 6.46. The Kier molecular flexibility index (Phi) is 16.5. The number of benzene rings is 1. The van der Waals surface area contributed by atoms with E-state index in [1.54, 1.807) is 0 Å². The lowest BCUT2D eigenvalue weighted by molar-refractivity contribution is -0.108. The van der Waals surface area contributed by atoms with Gasteiger partial charge in [0.1, 0.15) is 12.6 Å². The molecule has 0 heterocycles. The molecular formula is C13H20O4P+. The summed E-state index contributed by atoms with van der Waals surface area (Å²) < 4.78 is 8.51. The van der Waals surface area contributed by atoms with Gasteiger partial charge in [-0.1, -0.05) is 31.2 Å². The van der Waals surface area contributed by atoms with Gasteiger partial charge >= 0.3 is 8.69 Å². The highest BCUT2D eigenvalue weighted by molar-refractivity contribution is 7.16. The maximum absolute atomic E-state index is 10.1. The normalized spacial score (nSPS) is 8.39. The SMILES string of the molecule is CCC=O.Cc1ccccc1CCC=O.O=[PH+]O. The molecule has 1 aromatic rings. The van der Waals surface area contributed by atoms with Gasteiger partial charge < -0.3 is 9.59 Å². The van der Waals surface area contributed by atoms with E-state index in [1.165, 1.54) is 11.1 Å². The molecule has 1 N–H and O–H groups in total. The largest absolute Gasteiger partial charge is 0.491 e. The maximum Gasteiger partial charge on any atom is 0.491 e. The van der Waals surface area contributed by atoms with Crippen molar-refractivity contribution in [1.82, 2.24) is 0 Å². The van der Waals surface area contributed by atoms with E-state index in [2.05, 4.69) is 19.1 Å². The Morgan fingerprint density at radius 3 is 2.11 bits per heavy atom. The van der Waals surface area contributed by atoms with Crippen molar-refractivity contribution in [3.05, 3.63) is 35.4 Å². The second kappa shape index (κ2) is 15.6. The van der Waals surface area contributed by atoms with Crippen LogP contribution in [-0.4, -0.2) is 17.5 Å². The predicted octanol–water partition coefficient (Wildman–Crippen LogP) is 2.64. The molecule has 0 aliphatic carbocycles. The van der Waals surface area contributed by atoms with Gasteiger partial charge in [0.05, 0.1) is 0 Å². The average Bonchev–Trinajstić information content (AvgIpc) is 2.39. The first-order chi connectivity index (χ1) is 8.67. The number of aryl methyl sites for hydroxylation is 2. The van der Waals surface area contributed by atoms with Crippen molar-refractivity contribution in [2.45, 2.75) is 33.1 Å². The molecule has 1 aromatic carbocycles. The van der Waals surface area contributed by atoms with Crippen LogP contribution in [0, 0.1) is 6.92 Å². The van der Waals surface area contributed by atoms with Gasteiger partial charge in [-0.15, -0.1) is 0 Å². The van der Waals surface area contributed by atoms with E-state index in [9.17, 15) is 9.59 Å². The Balaban J connectivity index is 0. The van der Waals surface area contributed by atoms with Gasteiger partial charge in [0.15, 0.2) is 0 Å². The highest BCUT2D eigenvalue weighted by atomic mass is 31.1. The van der Waals surface area contributed by atoms with Crippen LogP contribution >= 0.6 is 8.69 Å². The Hall–Kier alpha value is -1.38. The zero-order valence-electron chi connectivity index (χ0n) is 10.8. The van der Waals surface area contributed by atoms with Gasteiger partial charge in [-0.3, -0.25) is 0 Å². The number of carbonyl (C=O) groups excluding carboxylic acids is 2. The zero-order valence-corrected chi connectivity index (χ0v) is 11.8. The lowest BCUT2D eigenvalue weighted by atomic mass is 10.1. The number of rotatable bonds is 4. The van der Waals surface area contributed by atoms with Gasteiger partial charge in [-0.25, -0.2) is 0 Å². The number of hydrogen-bond donors (Lipinski definition) is 1. The summed E-state index contributed by atoms with van der Waals surface area (Å²) in [4.78, 5) is 26.3. The van der Waals surface area contributed by atoms with Gasteiger partial charge in [-0.2, -0.15) is 4.89 Å². The zero-order chi connectivity index (χ0) is 14.2.